The van der Waals surface area contributed by atoms with Gasteiger partial charge < -0.3 is 0 Å². The third-order valence-corrected chi connectivity index (χ3v) is 5.72. The lowest BCUT2D eigenvalue weighted by Crippen LogP contribution is -2.00. The van der Waals surface area contributed by atoms with Gasteiger partial charge in [0, 0.05) is 30.1 Å². The Hall–Kier alpha value is -1.89. The van der Waals surface area contributed by atoms with E-state index in [0.717, 1.165) is 47.1 Å². The van der Waals surface area contributed by atoms with Crippen molar-refractivity contribution in [2.24, 2.45) is 0 Å². The normalized spacial score (nSPS) is 10.8. The largest absolute Gasteiger partial charge is 0.129 e. The van der Waals surface area contributed by atoms with Crippen LogP contribution in [-0.2, 0) is 0 Å². The van der Waals surface area contributed by atoms with Crippen LogP contribution >= 0.6 is 47.8 Å². The molecule has 6 heteroatoms. The maximum Gasteiger partial charge on any atom is 0.105 e. The molecule has 0 aliphatic rings. The predicted molar refractivity (Wildman–Crippen MR) is 119 cm³/mol. The summed E-state index contributed by atoms with van der Waals surface area (Å²) in [5, 5.41) is 12.8. The SMILES string of the molecule is Brc1ccc(-c2nnnc(-c3ccc(Br)cc3)c2-c2ccc(Br)cc2)cc1. The molecule has 0 saturated heterocycles. The van der Waals surface area contributed by atoms with Gasteiger partial charge in [0.1, 0.15) is 11.4 Å². The molecule has 1 aromatic heterocycles. The second kappa shape index (κ2) is 8.00. The lowest BCUT2D eigenvalue weighted by atomic mass is 9.95. The topological polar surface area (TPSA) is 38.7 Å². The quantitative estimate of drug-likeness (QED) is 0.274. The molecule has 27 heavy (non-hydrogen) atoms. The van der Waals surface area contributed by atoms with E-state index in [1.54, 1.807) is 0 Å². The first-order valence-electron chi connectivity index (χ1n) is 8.13. The average molecular weight is 546 g/mol. The van der Waals surface area contributed by atoms with Crippen molar-refractivity contribution in [2.45, 2.75) is 0 Å². The molecule has 1 heterocycles. The van der Waals surface area contributed by atoms with Gasteiger partial charge in [-0.05, 0) is 47.2 Å². The van der Waals surface area contributed by atoms with Gasteiger partial charge in [0.2, 0.25) is 0 Å². The number of halogens is 3. The van der Waals surface area contributed by atoms with Gasteiger partial charge in [0.05, 0.1) is 0 Å². The second-order valence-corrected chi connectivity index (χ2v) is 8.63. The summed E-state index contributed by atoms with van der Waals surface area (Å²) in [6.45, 7) is 0. The average Bonchev–Trinajstić information content (AvgIpc) is 2.69. The van der Waals surface area contributed by atoms with Gasteiger partial charge in [-0.2, -0.15) is 0 Å². The molecule has 0 aliphatic carbocycles. The van der Waals surface area contributed by atoms with E-state index < -0.39 is 0 Å². The summed E-state index contributed by atoms with van der Waals surface area (Å²) < 4.78 is 3.06. The molecule has 0 amide bonds. The van der Waals surface area contributed by atoms with E-state index in [4.69, 9.17) is 0 Å². The van der Waals surface area contributed by atoms with Gasteiger partial charge in [-0.3, -0.25) is 0 Å². The number of hydrogen-bond donors (Lipinski definition) is 0. The standard InChI is InChI=1S/C21H12Br3N3/c22-16-7-1-13(2-8-16)19-20(14-3-9-17(23)10-4-14)25-27-26-21(19)15-5-11-18(24)12-6-15/h1-12H. The van der Waals surface area contributed by atoms with E-state index in [1.165, 1.54) is 0 Å². The molecule has 132 valence electrons. The predicted octanol–water partition coefficient (Wildman–Crippen LogP) is 7.16. The molecule has 0 spiro atoms. The Balaban J connectivity index is 1.99. The number of rotatable bonds is 3. The summed E-state index contributed by atoms with van der Waals surface area (Å²) in [4.78, 5) is 0. The van der Waals surface area contributed by atoms with Gasteiger partial charge >= 0.3 is 0 Å². The van der Waals surface area contributed by atoms with Gasteiger partial charge in [-0.25, -0.2) is 0 Å². The monoisotopic (exact) mass is 543 g/mol. The summed E-state index contributed by atoms with van der Waals surface area (Å²) >= 11 is 10.5. The molecule has 0 bridgehead atoms. The van der Waals surface area contributed by atoms with E-state index in [1.807, 2.05) is 60.7 Å². The van der Waals surface area contributed by atoms with E-state index in [9.17, 15) is 0 Å². The van der Waals surface area contributed by atoms with Crippen molar-refractivity contribution in [3.8, 4) is 33.6 Å². The zero-order valence-electron chi connectivity index (χ0n) is 13.9. The third-order valence-electron chi connectivity index (χ3n) is 4.13. The molecule has 0 fully saturated rings. The Bertz CT molecular complexity index is 1010. The first-order chi connectivity index (χ1) is 13.1. The molecular weight excluding hydrogens is 534 g/mol. The minimum Gasteiger partial charge on any atom is -0.129 e. The molecule has 4 rings (SSSR count). The van der Waals surface area contributed by atoms with Crippen molar-refractivity contribution < 1.29 is 0 Å². The minimum absolute atomic E-state index is 0.803. The third kappa shape index (κ3) is 4.03. The van der Waals surface area contributed by atoms with Gasteiger partial charge in [0.25, 0.3) is 0 Å². The van der Waals surface area contributed by atoms with Crippen LogP contribution in [0.4, 0.5) is 0 Å². The van der Waals surface area contributed by atoms with E-state index in [0.29, 0.717) is 0 Å². The Morgan fingerprint density at radius 2 is 0.778 bits per heavy atom. The van der Waals surface area contributed by atoms with Gasteiger partial charge in [0.15, 0.2) is 0 Å². The number of benzene rings is 3. The minimum atomic E-state index is 0.803. The van der Waals surface area contributed by atoms with Crippen molar-refractivity contribution in [1.82, 2.24) is 15.4 Å². The summed E-state index contributed by atoms with van der Waals surface area (Å²) in [6, 6.07) is 24.3. The Morgan fingerprint density at radius 3 is 1.15 bits per heavy atom. The van der Waals surface area contributed by atoms with Gasteiger partial charge in [-0.1, -0.05) is 84.2 Å². The van der Waals surface area contributed by atoms with Crippen LogP contribution in [0.3, 0.4) is 0 Å². The van der Waals surface area contributed by atoms with E-state index >= 15 is 0 Å². The number of hydrogen-bond acceptors (Lipinski definition) is 3. The van der Waals surface area contributed by atoms with Crippen LogP contribution in [0.2, 0.25) is 0 Å². The van der Waals surface area contributed by atoms with Crippen molar-refractivity contribution in [3.63, 3.8) is 0 Å². The molecule has 0 unspecified atom stereocenters. The number of nitrogens with zero attached hydrogens (tertiary/aromatic N) is 3. The molecule has 0 N–H and O–H groups in total. The summed E-state index contributed by atoms with van der Waals surface area (Å²) in [5.41, 5.74) is 5.59. The Kier molecular flexibility index (Phi) is 5.48. The number of aromatic nitrogens is 3. The maximum atomic E-state index is 4.38. The molecular formula is C21H12Br3N3. The molecule has 0 atom stereocenters. The molecule has 0 saturated carbocycles. The second-order valence-electron chi connectivity index (χ2n) is 5.88. The highest BCUT2D eigenvalue weighted by Crippen LogP contribution is 2.37. The fourth-order valence-electron chi connectivity index (χ4n) is 2.83. The highest BCUT2D eigenvalue weighted by atomic mass is 79.9. The summed E-state index contributed by atoms with van der Waals surface area (Å²) in [6.07, 6.45) is 0. The molecule has 0 aliphatic heterocycles. The summed E-state index contributed by atoms with van der Waals surface area (Å²) in [7, 11) is 0. The van der Waals surface area contributed by atoms with Crippen LogP contribution in [0.5, 0.6) is 0 Å². The van der Waals surface area contributed by atoms with Crippen LogP contribution in [0, 0.1) is 0 Å². The lowest BCUT2D eigenvalue weighted by Gasteiger charge is -2.13. The van der Waals surface area contributed by atoms with E-state index in [-0.39, 0.29) is 0 Å². The highest BCUT2D eigenvalue weighted by Gasteiger charge is 2.18. The van der Waals surface area contributed by atoms with E-state index in [2.05, 4.69) is 75.3 Å². The first-order valence-corrected chi connectivity index (χ1v) is 10.5. The Labute approximate surface area is 182 Å². The van der Waals surface area contributed by atoms with Crippen LogP contribution in [0.1, 0.15) is 0 Å². The summed E-state index contributed by atoms with van der Waals surface area (Å²) in [5.74, 6) is 0. The molecule has 3 aromatic carbocycles. The van der Waals surface area contributed by atoms with Crippen LogP contribution in [0.25, 0.3) is 33.6 Å². The molecule has 4 aromatic rings. The smallest absolute Gasteiger partial charge is 0.105 e. The molecule has 3 nitrogen and oxygen atoms in total. The maximum absolute atomic E-state index is 4.38. The van der Waals surface area contributed by atoms with Crippen LogP contribution < -0.4 is 0 Å². The van der Waals surface area contributed by atoms with Gasteiger partial charge in [-0.15, -0.1) is 10.2 Å². The van der Waals surface area contributed by atoms with Crippen molar-refractivity contribution >= 4 is 47.8 Å². The van der Waals surface area contributed by atoms with Crippen molar-refractivity contribution in [1.29, 1.82) is 0 Å². The fourth-order valence-corrected chi connectivity index (χ4v) is 3.63. The van der Waals surface area contributed by atoms with Crippen molar-refractivity contribution in [3.05, 3.63) is 86.2 Å². The first kappa shape index (κ1) is 18.5. The lowest BCUT2D eigenvalue weighted by molar-refractivity contribution is 0.878. The Morgan fingerprint density at radius 1 is 0.444 bits per heavy atom. The molecule has 0 radical (unpaired) electrons. The zero-order chi connectivity index (χ0) is 18.8. The fraction of sp³-hybridized carbons (Fsp3) is 0. The van der Waals surface area contributed by atoms with Crippen molar-refractivity contribution in [2.75, 3.05) is 0 Å². The van der Waals surface area contributed by atoms with Crippen LogP contribution in [-0.4, -0.2) is 15.4 Å². The zero-order valence-corrected chi connectivity index (χ0v) is 18.7. The van der Waals surface area contributed by atoms with Crippen LogP contribution in [0.15, 0.2) is 86.2 Å². The highest BCUT2D eigenvalue weighted by molar-refractivity contribution is 9.11.